The molecule has 0 bridgehead atoms. The number of Topliss-reactive ketones (excluding diaryl/α,β-unsaturated/α-hetero) is 1. The highest BCUT2D eigenvalue weighted by molar-refractivity contribution is 6.02. The molecule has 2 aromatic rings. The van der Waals surface area contributed by atoms with E-state index in [1.165, 1.54) is 33.5 Å². The number of hydrogen-bond acceptors (Lipinski definition) is 8. The molecule has 0 fully saturated rings. The summed E-state index contributed by atoms with van der Waals surface area (Å²) in [6.07, 6.45) is -0.915. The third-order valence-corrected chi connectivity index (χ3v) is 4.96. The summed E-state index contributed by atoms with van der Waals surface area (Å²) in [5.74, 6) is 0.433. The van der Waals surface area contributed by atoms with Crippen molar-refractivity contribution < 1.29 is 33.4 Å². The van der Waals surface area contributed by atoms with Gasteiger partial charge in [0.1, 0.15) is 24.2 Å². The zero-order valence-electron chi connectivity index (χ0n) is 17.2. The average Bonchev–Trinajstić information content (AvgIpc) is 2.77. The normalized spacial score (nSPS) is 16.3. The lowest BCUT2D eigenvalue weighted by Crippen LogP contribution is -2.34. The Bertz CT molecular complexity index is 958. The van der Waals surface area contributed by atoms with Crippen molar-refractivity contribution in [3.05, 3.63) is 51.6 Å². The number of fused-ring (bicyclic) bond motifs is 1. The lowest BCUT2D eigenvalue weighted by atomic mass is 9.86. The number of nitrogens with zero attached hydrogens (tertiary/aromatic N) is 1. The summed E-state index contributed by atoms with van der Waals surface area (Å²) in [5.41, 5.74) is 0.335. The molecule has 9 nitrogen and oxygen atoms in total. The first-order valence-electron chi connectivity index (χ1n) is 9.32. The van der Waals surface area contributed by atoms with Gasteiger partial charge >= 0.3 is 0 Å². The predicted octanol–water partition coefficient (Wildman–Crippen LogP) is 3.59. The van der Waals surface area contributed by atoms with Gasteiger partial charge in [-0.05, 0) is 31.2 Å². The van der Waals surface area contributed by atoms with E-state index >= 15 is 0 Å². The summed E-state index contributed by atoms with van der Waals surface area (Å²) < 4.78 is 27.3. The standard InChI is InChI=1S/C21H23NO8/c1-5-29-21(13-9-18(27-3)19(28-4)10-16(13)22(24)25)15-11-30-17-7-6-12(26-2)8-14(17)20(15)23/h6-10,15,21H,5,11H2,1-4H3. The van der Waals surface area contributed by atoms with Crippen LogP contribution in [0.15, 0.2) is 30.3 Å². The Morgan fingerprint density at radius 2 is 1.83 bits per heavy atom. The monoisotopic (exact) mass is 417 g/mol. The maximum Gasteiger partial charge on any atom is 0.279 e. The third-order valence-electron chi connectivity index (χ3n) is 4.96. The molecular formula is C21H23NO8. The van der Waals surface area contributed by atoms with Crippen LogP contribution in [0.2, 0.25) is 0 Å². The zero-order valence-corrected chi connectivity index (χ0v) is 17.2. The van der Waals surface area contributed by atoms with Crippen LogP contribution in [0.4, 0.5) is 5.69 Å². The van der Waals surface area contributed by atoms with Crippen LogP contribution in [0.5, 0.6) is 23.0 Å². The van der Waals surface area contributed by atoms with E-state index in [0.717, 1.165) is 0 Å². The average molecular weight is 417 g/mol. The fourth-order valence-corrected chi connectivity index (χ4v) is 3.51. The van der Waals surface area contributed by atoms with Gasteiger partial charge in [-0.3, -0.25) is 14.9 Å². The Labute approximate surface area is 173 Å². The van der Waals surface area contributed by atoms with Gasteiger partial charge in [0, 0.05) is 6.61 Å². The van der Waals surface area contributed by atoms with Crippen LogP contribution in [-0.4, -0.2) is 45.2 Å². The van der Waals surface area contributed by atoms with Crippen molar-refractivity contribution in [3.63, 3.8) is 0 Å². The first kappa shape index (κ1) is 21.4. The minimum atomic E-state index is -0.915. The number of nitro groups is 1. The number of ether oxygens (including phenoxy) is 5. The van der Waals surface area contributed by atoms with E-state index in [-0.39, 0.29) is 36.0 Å². The van der Waals surface area contributed by atoms with Crippen molar-refractivity contribution in [2.45, 2.75) is 13.0 Å². The molecule has 0 N–H and O–H groups in total. The van der Waals surface area contributed by atoms with Gasteiger partial charge < -0.3 is 23.7 Å². The van der Waals surface area contributed by atoms with Crippen LogP contribution in [-0.2, 0) is 4.74 Å². The van der Waals surface area contributed by atoms with Crippen molar-refractivity contribution in [3.8, 4) is 23.0 Å². The SMILES string of the molecule is CCOC(c1cc(OC)c(OC)cc1[N+](=O)[O-])C1COc2ccc(OC)cc2C1=O. The van der Waals surface area contributed by atoms with E-state index < -0.39 is 16.9 Å². The predicted molar refractivity (Wildman–Crippen MR) is 107 cm³/mol. The highest BCUT2D eigenvalue weighted by atomic mass is 16.6. The largest absolute Gasteiger partial charge is 0.497 e. The highest BCUT2D eigenvalue weighted by Gasteiger charge is 2.40. The second-order valence-corrected chi connectivity index (χ2v) is 6.54. The first-order chi connectivity index (χ1) is 14.4. The van der Waals surface area contributed by atoms with Gasteiger partial charge in [-0.15, -0.1) is 0 Å². The van der Waals surface area contributed by atoms with E-state index in [0.29, 0.717) is 22.8 Å². The Balaban J connectivity index is 2.10. The van der Waals surface area contributed by atoms with Gasteiger partial charge in [0.05, 0.1) is 49.4 Å². The minimum absolute atomic E-state index is 0.0222. The lowest BCUT2D eigenvalue weighted by molar-refractivity contribution is -0.386. The van der Waals surface area contributed by atoms with E-state index in [9.17, 15) is 14.9 Å². The van der Waals surface area contributed by atoms with Gasteiger partial charge in [0.2, 0.25) is 0 Å². The molecule has 0 aliphatic carbocycles. The molecule has 0 radical (unpaired) electrons. The summed E-state index contributed by atoms with van der Waals surface area (Å²) in [5, 5.41) is 11.8. The molecule has 3 rings (SSSR count). The number of carbonyl (C=O) groups is 1. The molecule has 0 spiro atoms. The molecule has 0 amide bonds. The molecule has 9 heteroatoms. The summed E-state index contributed by atoms with van der Waals surface area (Å²) in [7, 11) is 4.33. The fraction of sp³-hybridized carbons (Fsp3) is 0.381. The molecule has 0 saturated carbocycles. The smallest absolute Gasteiger partial charge is 0.279 e. The van der Waals surface area contributed by atoms with Crippen LogP contribution < -0.4 is 18.9 Å². The molecule has 1 heterocycles. The van der Waals surface area contributed by atoms with Gasteiger partial charge in [-0.25, -0.2) is 0 Å². The minimum Gasteiger partial charge on any atom is -0.497 e. The first-order valence-corrected chi connectivity index (χ1v) is 9.32. The molecule has 1 aliphatic heterocycles. The van der Waals surface area contributed by atoms with E-state index in [4.69, 9.17) is 23.7 Å². The van der Waals surface area contributed by atoms with Crippen LogP contribution in [0.25, 0.3) is 0 Å². The third kappa shape index (κ3) is 3.88. The van der Waals surface area contributed by atoms with Crippen molar-refractivity contribution in [2.75, 3.05) is 34.5 Å². The summed E-state index contributed by atoms with van der Waals surface area (Å²) in [6, 6.07) is 7.70. The molecule has 2 unspecified atom stereocenters. The second-order valence-electron chi connectivity index (χ2n) is 6.54. The van der Waals surface area contributed by atoms with E-state index in [1.54, 1.807) is 25.1 Å². The molecule has 2 atom stereocenters. The summed E-state index contributed by atoms with van der Waals surface area (Å²) in [6.45, 7) is 2.02. The number of hydrogen-bond donors (Lipinski definition) is 0. The van der Waals surface area contributed by atoms with Crippen LogP contribution >= 0.6 is 0 Å². The molecule has 30 heavy (non-hydrogen) atoms. The number of ketones is 1. The zero-order chi connectivity index (χ0) is 21.8. The Morgan fingerprint density at radius 1 is 1.13 bits per heavy atom. The number of rotatable bonds is 8. The molecule has 0 aromatic heterocycles. The Morgan fingerprint density at radius 3 is 2.43 bits per heavy atom. The maximum atomic E-state index is 13.3. The van der Waals surface area contributed by atoms with Crippen molar-refractivity contribution in [2.24, 2.45) is 5.92 Å². The van der Waals surface area contributed by atoms with Gasteiger partial charge in [0.15, 0.2) is 17.3 Å². The van der Waals surface area contributed by atoms with Crippen molar-refractivity contribution in [1.29, 1.82) is 0 Å². The number of carbonyl (C=O) groups excluding carboxylic acids is 1. The second kappa shape index (κ2) is 9.00. The molecule has 160 valence electrons. The maximum absolute atomic E-state index is 13.3. The number of nitro benzene ring substituents is 1. The Kier molecular flexibility index (Phi) is 6.41. The van der Waals surface area contributed by atoms with Crippen LogP contribution in [0.3, 0.4) is 0 Å². The fourth-order valence-electron chi connectivity index (χ4n) is 3.51. The summed E-state index contributed by atoms with van der Waals surface area (Å²) in [4.78, 5) is 24.5. The number of methoxy groups -OCH3 is 3. The van der Waals surface area contributed by atoms with Gasteiger partial charge in [-0.2, -0.15) is 0 Å². The molecule has 0 saturated heterocycles. The van der Waals surface area contributed by atoms with E-state index in [2.05, 4.69) is 0 Å². The summed E-state index contributed by atoms with van der Waals surface area (Å²) >= 11 is 0. The van der Waals surface area contributed by atoms with Crippen molar-refractivity contribution >= 4 is 11.5 Å². The van der Waals surface area contributed by atoms with Gasteiger partial charge in [0.25, 0.3) is 5.69 Å². The Hall–Kier alpha value is -3.33. The number of benzene rings is 2. The molecule has 1 aliphatic rings. The lowest BCUT2D eigenvalue weighted by Gasteiger charge is -2.30. The quantitative estimate of drug-likeness (QED) is 0.474. The van der Waals surface area contributed by atoms with Gasteiger partial charge in [-0.1, -0.05) is 0 Å². The topological polar surface area (TPSA) is 106 Å². The highest BCUT2D eigenvalue weighted by Crippen LogP contribution is 2.43. The van der Waals surface area contributed by atoms with Crippen LogP contribution in [0, 0.1) is 16.0 Å². The van der Waals surface area contributed by atoms with Crippen molar-refractivity contribution in [1.82, 2.24) is 0 Å². The molecular weight excluding hydrogens is 394 g/mol. The van der Waals surface area contributed by atoms with Crippen LogP contribution in [0.1, 0.15) is 28.9 Å². The molecule has 2 aromatic carbocycles. The van der Waals surface area contributed by atoms with E-state index in [1.807, 2.05) is 0 Å².